The highest BCUT2D eigenvalue weighted by Gasteiger charge is 2.23. The molecule has 0 spiro atoms. The van der Waals surface area contributed by atoms with E-state index in [1.807, 2.05) is 6.92 Å². The minimum Gasteiger partial charge on any atom is -0.390 e. The predicted octanol–water partition coefficient (Wildman–Crippen LogP) is 1.45. The van der Waals surface area contributed by atoms with Crippen molar-refractivity contribution in [3.05, 3.63) is 35.1 Å². The molecule has 0 aromatic heterocycles. The van der Waals surface area contributed by atoms with E-state index in [4.69, 9.17) is 9.47 Å². The number of aliphatic hydroxyl groups excluding tert-OH is 1. The van der Waals surface area contributed by atoms with Gasteiger partial charge in [-0.25, -0.2) is 4.39 Å². The molecule has 2 unspecified atom stereocenters. The van der Waals surface area contributed by atoms with E-state index in [1.54, 1.807) is 6.07 Å². The number of hydrogen-bond donors (Lipinski definition) is 1. The second-order valence-electron chi connectivity index (χ2n) is 4.33. The molecule has 3 nitrogen and oxygen atoms in total. The third kappa shape index (κ3) is 3.25. The van der Waals surface area contributed by atoms with Crippen LogP contribution in [0.25, 0.3) is 0 Å². The molecular weight excluding hydrogens is 223 g/mol. The first kappa shape index (κ1) is 12.5. The summed E-state index contributed by atoms with van der Waals surface area (Å²) in [5, 5.41) is 10.0. The Morgan fingerprint density at radius 3 is 3.00 bits per heavy atom. The van der Waals surface area contributed by atoms with E-state index in [9.17, 15) is 9.50 Å². The van der Waals surface area contributed by atoms with Gasteiger partial charge in [0, 0.05) is 6.42 Å². The van der Waals surface area contributed by atoms with Crippen LogP contribution in [-0.2, 0) is 15.9 Å². The molecule has 0 radical (unpaired) electrons. The number of halogens is 1. The molecule has 1 aliphatic rings. The van der Waals surface area contributed by atoms with Gasteiger partial charge in [0.2, 0.25) is 0 Å². The summed E-state index contributed by atoms with van der Waals surface area (Å²) in [4.78, 5) is 0. The molecule has 1 N–H and O–H groups in total. The monoisotopic (exact) mass is 240 g/mol. The average Bonchev–Trinajstić information content (AvgIpc) is 2.35. The number of rotatable bonds is 3. The van der Waals surface area contributed by atoms with Gasteiger partial charge in [-0.2, -0.15) is 0 Å². The summed E-state index contributed by atoms with van der Waals surface area (Å²) >= 11 is 0. The van der Waals surface area contributed by atoms with Crippen LogP contribution in [0.2, 0.25) is 0 Å². The van der Waals surface area contributed by atoms with Gasteiger partial charge in [-0.15, -0.1) is 0 Å². The summed E-state index contributed by atoms with van der Waals surface area (Å²) in [5.74, 6) is -0.279. The van der Waals surface area contributed by atoms with Gasteiger partial charge in [-0.3, -0.25) is 0 Å². The number of aliphatic hydroxyl groups is 1. The van der Waals surface area contributed by atoms with Crippen LogP contribution >= 0.6 is 0 Å². The van der Waals surface area contributed by atoms with Crippen LogP contribution in [0.5, 0.6) is 0 Å². The molecule has 1 aliphatic heterocycles. The van der Waals surface area contributed by atoms with Gasteiger partial charge in [-0.1, -0.05) is 6.07 Å². The maximum Gasteiger partial charge on any atom is 0.123 e. The van der Waals surface area contributed by atoms with Gasteiger partial charge >= 0.3 is 0 Å². The summed E-state index contributed by atoms with van der Waals surface area (Å²) < 4.78 is 23.8. The lowest BCUT2D eigenvalue weighted by molar-refractivity contribution is -0.131. The first-order valence-electron chi connectivity index (χ1n) is 5.79. The van der Waals surface area contributed by atoms with E-state index >= 15 is 0 Å². The molecule has 0 aliphatic carbocycles. The molecule has 0 amide bonds. The molecule has 1 aromatic carbocycles. The summed E-state index contributed by atoms with van der Waals surface area (Å²) in [6, 6.07) is 4.60. The van der Waals surface area contributed by atoms with Crippen LogP contribution in [0, 0.1) is 12.7 Å². The SMILES string of the molecule is Cc1ccc(F)cc1CC(O)C1COCCO1. The van der Waals surface area contributed by atoms with Crippen molar-refractivity contribution in [2.75, 3.05) is 19.8 Å². The Balaban J connectivity index is 2.01. The topological polar surface area (TPSA) is 38.7 Å². The molecule has 94 valence electrons. The van der Waals surface area contributed by atoms with Crippen molar-refractivity contribution in [1.29, 1.82) is 0 Å². The molecule has 1 saturated heterocycles. The average molecular weight is 240 g/mol. The summed E-state index contributed by atoms with van der Waals surface area (Å²) in [6.45, 7) is 3.38. The molecule has 2 atom stereocenters. The zero-order valence-electron chi connectivity index (χ0n) is 9.86. The molecule has 0 bridgehead atoms. The van der Waals surface area contributed by atoms with Gasteiger partial charge in [0.1, 0.15) is 11.9 Å². The van der Waals surface area contributed by atoms with Crippen molar-refractivity contribution in [3.63, 3.8) is 0 Å². The van der Waals surface area contributed by atoms with Crippen LogP contribution in [-0.4, -0.2) is 37.1 Å². The maximum absolute atomic E-state index is 13.1. The van der Waals surface area contributed by atoms with Crippen LogP contribution < -0.4 is 0 Å². The zero-order valence-corrected chi connectivity index (χ0v) is 9.86. The smallest absolute Gasteiger partial charge is 0.123 e. The highest BCUT2D eigenvalue weighted by Crippen LogP contribution is 2.16. The molecule has 4 heteroatoms. The maximum atomic E-state index is 13.1. The Kier molecular flexibility index (Phi) is 4.10. The van der Waals surface area contributed by atoms with Crippen molar-refractivity contribution in [2.24, 2.45) is 0 Å². The minimum atomic E-state index is -0.657. The van der Waals surface area contributed by atoms with Crippen LogP contribution in [0.4, 0.5) is 4.39 Å². The zero-order chi connectivity index (χ0) is 12.3. The number of hydrogen-bond acceptors (Lipinski definition) is 3. The van der Waals surface area contributed by atoms with Crippen molar-refractivity contribution in [3.8, 4) is 0 Å². The van der Waals surface area contributed by atoms with Gasteiger partial charge in [-0.05, 0) is 30.2 Å². The molecule has 1 heterocycles. The van der Waals surface area contributed by atoms with Gasteiger partial charge in [0.05, 0.1) is 25.9 Å². The van der Waals surface area contributed by atoms with Crippen LogP contribution in [0.15, 0.2) is 18.2 Å². The fourth-order valence-corrected chi connectivity index (χ4v) is 1.94. The molecule has 1 aromatic rings. The minimum absolute atomic E-state index is 0.279. The highest BCUT2D eigenvalue weighted by atomic mass is 19.1. The van der Waals surface area contributed by atoms with Gasteiger partial charge in [0.25, 0.3) is 0 Å². The molecule has 1 fully saturated rings. The van der Waals surface area contributed by atoms with E-state index in [1.165, 1.54) is 12.1 Å². The summed E-state index contributed by atoms with van der Waals surface area (Å²) in [6.07, 6.45) is -0.584. The molecular formula is C13H17FO3. The van der Waals surface area contributed by atoms with Crippen molar-refractivity contribution in [2.45, 2.75) is 25.6 Å². The Bertz CT molecular complexity index is 375. The van der Waals surface area contributed by atoms with E-state index in [0.29, 0.717) is 26.2 Å². The van der Waals surface area contributed by atoms with Crippen LogP contribution in [0.3, 0.4) is 0 Å². The van der Waals surface area contributed by atoms with E-state index < -0.39 is 6.10 Å². The first-order valence-corrected chi connectivity index (χ1v) is 5.79. The van der Waals surface area contributed by atoms with E-state index in [0.717, 1.165) is 11.1 Å². The second kappa shape index (κ2) is 5.58. The Morgan fingerprint density at radius 2 is 2.29 bits per heavy atom. The van der Waals surface area contributed by atoms with E-state index in [-0.39, 0.29) is 11.9 Å². The standard InChI is InChI=1S/C13H17FO3/c1-9-2-3-11(14)6-10(9)7-12(15)13-8-16-4-5-17-13/h2-3,6,12-13,15H,4-5,7-8H2,1H3. The Morgan fingerprint density at radius 1 is 1.47 bits per heavy atom. The third-order valence-corrected chi connectivity index (χ3v) is 3.01. The molecule has 17 heavy (non-hydrogen) atoms. The third-order valence-electron chi connectivity index (χ3n) is 3.01. The number of ether oxygens (including phenoxy) is 2. The van der Waals surface area contributed by atoms with Gasteiger partial charge in [0.15, 0.2) is 0 Å². The fraction of sp³-hybridized carbons (Fsp3) is 0.538. The lowest BCUT2D eigenvalue weighted by Crippen LogP contribution is -2.39. The quantitative estimate of drug-likeness (QED) is 0.869. The first-order chi connectivity index (χ1) is 8.16. The lowest BCUT2D eigenvalue weighted by atomic mass is 9.99. The Hall–Kier alpha value is -0.970. The van der Waals surface area contributed by atoms with Crippen molar-refractivity contribution >= 4 is 0 Å². The number of benzene rings is 1. The predicted molar refractivity (Wildman–Crippen MR) is 61.4 cm³/mol. The van der Waals surface area contributed by atoms with E-state index in [2.05, 4.69) is 0 Å². The van der Waals surface area contributed by atoms with Crippen molar-refractivity contribution in [1.82, 2.24) is 0 Å². The van der Waals surface area contributed by atoms with Crippen molar-refractivity contribution < 1.29 is 19.0 Å². The van der Waals surface area contributed by atoms with Gasteiger partial charge < -0.3 is 14.6 Å². The molecule has 0 saturated carbocycles. The highest BCUT2D eigenvalue weighted by molar-refractivity contribution is 5.27. The normalized spacial score (nSPS) is 22.4. The fourth-order valence-electron chi connectivity index (χ4n) is 1.94. The Labute approximate surface area is 100 Å². The van der Waals surface area contributed by atoms with Crippen LogP contribution in [0.1, 0.15) is 11.1 Å². The molecule has 2 rings (SSSR count). The summed E-state index contributed by atoms with van der Waals surface area (Å²) in [7, 11) is 0. The largest absolute Gasteiger partial charge is 0.390 e. The summed E-state index contributed by atoms with van der Waals surface area (Å²) in [5.41, 5.74) is 1.79. The number of aryl methyl sites for hydroxylation is 1. The second-order valence-corrected chi connectivity index (χ2v) is 4.33. The lowest BCUT2D eigenvalue weighted by Gasteiger charge is -2.27.